The summed E-state index contributed by atoms with van der Waals surface area (Å²) in [5, 5.41) is 7.08. The first-order valence-corrected chi connectivity index (χ1v) is 9.37. The van der Waals surface area contributed by atoms with E-state index in [9.17, 15) is 4.79 Å². The van der Waals surface area contributed by atoms with Crippen molar-refractivity contribution in [1.82, 2.24) is 15.2 Å². The average Bonchev–Trinajstić information content (AvgIpc) is 3.09. The number of likely N-dealkylation sites (tertiary alicyclic amines) is 1. The molecule has 0 radical (unpaired) electrons. The van der Waals surface area contributed by atoms with E-state index in [4.69, 9.17) is 0 Å². The molecule has 1 unspecified atom stereocenters. The lowest BCUT2D eigenvalue weighted by Gasteiger charge is -2.17. The number of pyridine rings is 1. The second kappa shape index (κ2) is 7.76. The minimum Gasteiger partial charge on any atom is -0.334 e. The third kappa shape index (κ3) is 4.26. The normalized spacial score (nSPS) is 17.1. The molecule has 2 heterocycles. The number of amides is 2. The molecule has 5 nitrogen and oxygen atoms in total. The fourth-order valence-corrected chi connectivity index (χ4v) is 3.69. The van der Waals surface area contributed by atoms with Crippen LogP contribution in [0.25, 0.3) is 10.9 Å². The number of nitrogens with zero attached hydrogens (tertiary/aromatic N) is 2. The van der Waals surface area contributed by atoms with E-state index in [1.165, 1.54) is 5.56 Å². The number of nitrogens with one attached hydrogen (secondary N) is 2. The van der Waals surface area contributed by atoms with Gasteiger partial charge in [-0.05, 0) is 31.0 Å². The lowest BCUT2D eigenvalue weighted by molar-refractivity contribution is 0.247. The van der Waals surface area contributed by atoms with E-state index in [0.717, 1.165) is 48.3 Å². The van der Waals surface area contributed by atoms with Gasteiger partial charge < -0.3 is 10.6 Å². The molecule has 1 aliphatic rings. The molecule has 27 heavy (non-hydrogen) atoms. The van der Waals surface area contributed by atoms with Crippen LogP contribution in [0.4, 0.5) is 10.5 Å². The molecular formula is C22H24N4O. The first-order valence-electron chi connectivity index (χ1n) is 9.37. The number of aryl methyl sites for hydroxylation is 1. The van der Waals surface area contributed by atoms with Crippen LogP contribution in [0.2, 0.25) is 0 Å². The summed E-state index contributed by atoms with van der Waals surface area (Å²) in [6.45, 7) is 4.73. The Balaban J connectivity index is 1.36. The van der Waals surface area contributed by atoms with Gasteiger partial charge in [0.25, 0.3) is 0 Å². The highest BCUT2D eigenvalue weighted by Gasteiger charge is 2.24. The van der Waals surface area contributed by atoms with Crippen molar-refractivity contribution in [3.8, 4) is 0 Å². The molecule has 0 aliphatic carbocycles. The van der Waals surface area contributed by atoms with Gasteiger partial charge in [-0.15, -0.1) is 0 Å². The second-order valence-electron chi connectivity index (χ2n) is 7.13. The van der Waals surface area contributed by atoms with E-state index >= 15 is 0 Å². The van der Waals surface area contributed by atoms with Gasteiger partial charge in [0, 0.05) is 36.8 Å². The van der Waals surface area contributed by atoms with Crippen LogP contribution in [0.5, 0.6) is 0 Å². The maximum absolute atomic E-state index is 12.5. The zero-order valence-corrected chi connectivity index (χ0v) is 15.5. The van der Waals surface area contributed by atoms with Crippen molar-refractivity contribution in [3.63, 3.8) is 0 Å². The predicted octanol–water partition coefficient (Wildman–Crippen LogP) is 3.94. The zero-order chi connectivity index (χ0) is 18.6. The standard InChI is InChI=1S/C22H24N4O/c1-16-13-21(19-9-5-6-10-20(19)23-16)25-22(27)24-18-11-12-26(15-18)14-17-7-3-2-4-8-17/h2-10,13,18H,11-12,14-15H2,1H3,(H2,23,24,25,27). The predicted molar refractivity (Wildman–Crippen MR) is 109 cm³/mol. The smallest absolute Gasteiger partial charge is 0.319 e. The third-order valence-corrected chi connectivity index (χ3v) is 4.95. The number of aromatic nitrogens is 1. The molecule has 3 aromatic rings. The highest BCUT2D eigenvalue weighted by atomic mass is 16.2. The van der Waals surface area contributed by atoms with Gasteiger partial charge in [-0.1, -0.05) is 48.5 Å². The lowest BCUT2D eigenvalue weighted by atomic mass is 10.1. The van der Waals surface area contributed by atoms with Crippen LogP contribution >= 0.6 is 0 Å². The molecule has 1 fully saturated rings. The highest BCUT2D eigenvalue weighted by molar-refractivity contribution is 6.00. The Bertz CT molecular complexity index is 941. The molecule has 2 N–H and O–H groups in total. The average molecular weight is 360 g/mol. The number of benzene rings is 2. The van der Waals surface area contributed by atoms with Crippen LogP contribution in [0.15, 0.2) is 60.7 Å². The van der Waals surface area contributed by atoms with Crippen molar-refractivity contribution >= 4 is 22.6 Å². The number of carbonyl (C=O) groups excluding carboxylic acids is 1. The van der Waals surface area contributed by atoms with Crippen LogP contribution in [0.3, 0.4) is 0 Å². The summed E-state index contributed by atoms with van der Waals surface area (Å²) in [6.07, 6.45) is 0.969. The number of urea groups is 1. The van der Waals surface area contributed by atoms with E-state index < -0.39 is 0 Å². The van der Waals surface area contributed by atoms with Gasteiger partial charge in [0.1, 0.15) is 0 Å². The van der Waals surface area contributed by atoms with E-state index in [1.54, 1.807) is 0 Å². The summed E-state index contributed by atoms with van der Waals surface area (Å²) in [4.78, 5) is 19.4. The topological polar surface area (TPSA) is 57.3 Å². The van der Waals surface area contributed by atoms with Crippen LogP contribution in [0.1, 0.15) is 17.7 Å². The first kappa shape index (κ1) is 17.5. The Morgan fingerprint density at radius 2 is 1.93 bits per heavy atom. The van der Waals surface area contributed by atoms with Crippen LogP contribution in [0, 0.1) is 6.92 Å². The summed E-state index contributed by atoms with van der Waals surface area (Å²) < 4.78 is 0. The third-order valence-electron chi connectivity index (χ3n) is 4.95. The molecule has 1 aromatic heterocycles. The number of rotatable bonds is 4. The van der Waals surface area contributed by atoms with Gasteiger partial charge >= 0.3 is 6.03 Å². The quantitative estimate of drug-likeness (QED) is 0.741. The Morgan fingerprint density at radius 3 is 2.78 bits per heavy atom. The fourth-order valence-electron chi connectivity index (χ4n) is 3.69. The van der Waals surface area contributed by atoms with Crippen molar-refractivity contribution in [2.45, 2.75) is 25.9 Å². The van der Waals surface area contributed by atoms with Gasteiger partial charge in [-0.3, -0.25) is 9.88 Å². The number of hydrogen-bond acceptors (Lipinski definition) is 3. The summed E-state index contributed by atoms with van der Waals surface area (Å²) in [7, 11) is 0. The molecule has 1 saturated heterocycles. The SMILES string of the molecule is Cc1cc(NC(=O)NC2CCN(Cc3ccccc3)C2)c2ccccc2n1. The van der Waals surface area contributed by atoms with Crippen molar-refractivity contribution in [2.75, 3.05) is 18.4 Å². The summed E-state index contributed by atoms with van der Waals surface area (Å²) >= 11 is 0. The zero-order valence-electron chi connectivity index (χ0n) is 15.5. The summed E-state index contributed by atoms with van der Waals surface area (Å²) in [5.74, 6) is 0. The molecule has 0 bridgehead atoms. The van der Waals surface area contributed by atoms with Crippen LogP contribution < -0.4 is 10.6 Å². The minimum absolute atomic E-state index is 0.155. The van der Waals surface area contributed by atoms with Crippen LogP contribution in [-0.4, -0.2) is 35.0 Å². The number of fused-ring (bicyclic) bond motifs is 1. The molecule has 2 aromatic carbocycles. The largest absolute Gasteiger partial charge is 0.334 e. The van der Waals surface area contributed by atoms with Crippen molar-refractivity contribution in [1.29, 1.82) is 0 Å². The van der Waals surface area contributed by atoms with E-state index in [0.29, 0.717) is 0 Å². The van der Waals surface area contributed by atoms with Gasteiger partial charge in [0.15, 0.2) is 0 Å². The molecule has 1 atom stereocenters. The van der Waals surface area contributed by atoms with E-state index in [-0.39, 0.29) is 12.1 Å². The molecule has 2 amide bonds. The minimum atomic E-state index is -0.155. The Labute approximate surface area is 159 Å². The number of carbonyl (C=O) groups is 1. The van der Waals surface area contributed by atoms with Crippen molar-refractivity contribution in [2.24, 2.45) is 0 Å². The molecular weight excluding hydrogens is 336 g/mol. The van der Waals surface area contributed by atoms with E-state index in [2.05, 4.69) is 44.8 Å². The first-order chi connectivity index (χ1) is 13.2. The van der Waals surface area contributed by atoms with Gasteiger partial charge in [-0.2, -0.15) is 0 Å². The molecule has 1 aliphatic heterocycles. The van der Waals surface area contributed by atoms with Crippen molar-refractivity contribution in [3.05, 3.63) is 71.9 Å². The Kier molecular flexibility index (Phi) is 5.03. The molecule has 0 spiro atoms. The molecule has 5 heteroatoms. The van der Waals surface area contributed by atoms with Crippen molar-refractivity contribution < 1.29 is 4.79 Å². The van der Waals surface area contributed by atoms with Crippen LogP contribution in [-0.2, 0) is 6.54 Å². The molecule has 0 saturated carbocycles. The maximum atomic E-state index is 12.5. The monoisotopic (exact) mass is 360 g/mol. The Morgan fingerprint density at radius 1 is 1.15 bits per heavy atom. The lowest BCUT2D eigenvalue weighted by Crippen LogP contribution is -2.39. The highest BCUT2D eigenvalue weighted by Crippen LogP contribution is 2.23. The van der Waals surface area contributed by atoms with Gasteiger partial charge in [0.05, 0.1) is 11.2 Å². The summed E-state index contributed by atoms with van der Waals surface area (Å²) in [5.41, 5.74) is 3.89. The number of anilines is 1. The Hall–Kier alpha value is -2.92. The van der Waals surface area contributed by atoms with E-state index in [1.807, 2.05) is 43.3 Å². The molecule has 4 rings (SSSR count). The number of para-hydroxylation sites is 1. The molecule has 138 valence electrons. The number of hydrogen-bond donors (Lipinski definition) is 2. The van der Waals surface area contributed by atoms with Gasteiger partial charge in [-0.25, -0.2) is 4.79 Å². The fraction of sp³-hybridized carbons (Fsp3) is 0.273. The second-order valence-corrected chi connectivity index (χ2v) is 7.13. The summed E-state index contributed by atoms with van der Waals surface area (Å²) in [6, 6.07) is 20.2. The van der Waals surface area contributed by atoms with Gasteiger partial charge in [0.2, 0.25) is 0 Å². The maximum Gasteiger partial charge on any atom is 0.319 e.